The maximum atomic E-state index is 12.2. The second-order valence-corrected chi connectivity index (χ2v) is 5.66. The maximum absolute atomic E-state index is 12.2. The summed E-state index contributed by atoms with van der Waals surface area (Å²) < 4.78 is 5.20. The van der Waals surface area contributed by atoms with E-state index in [1.807, 2.05) is 0 Å². The third-order valence-electron chi connectivity index (χ3n) is 4.21. The van der Waals surface area contributed by atoms with Gasteiger partial charge in [0, 0.05) is 26.6 Å². The van der Waals surface area contributed by atoms with Crippen molar-refractivity contribution in [3.63, 3.8) is 0 Å². The molecule has 0 radical (unpaired) electrons. The summed E-state index contributed by atoms with van der Waals surface area (Å²) in [5.41, 5.74) is 0. The topological polar surface area (TPSA) is 29.5 Å². The molecule has 98 valence electrons. The number of methoxy groups -OCH3 is 1. The molecule has 0 N–H and O–H groups in total. The summed E-state index contributed by atoms with van der Waals surface area (Å²) in [6, 6.07) is 0. The molecular weight excluding hydrogens is 214 g/mol. The van der Waals surface area contributed by atoms with E-state index < -0.39 is 0 Å². The highest BCUT2D eigenvalue weighted by molar-refractivity contribution is 5.76. The van der Waals surface area contributed by atoms with Crippen molar-refractivity contribution in [2.45, 2.75) is 44.9 Å². The van der Waals surface area contributed by atoms with Crippen LogP contribution in [0.4, 0.5) is 0 Å². The Morgan fingerprint density at radius 3 is 2.59 bits per heavy atom. The Hall–Kier alpha value is -0.570. The SMILES string of the molecule is COCC1CCCN(C(=O)CC2CCCC2)C1. The van der Waals surface area contributed by atoms with Crippen LogP contribution in [-0.2, 0) is 9.53 Å². The van der Waals surface area contributed by atoms with Gasteiger partial charge in [0.25, 0.3) is 0 Å². The quantitative estimate of drug-likeness (QED) is 0.754. The Morgan fingerprint density at radius 1 is 1.18 bits per heavy atom. The molecule has 0 bridgehead atoms. The maximum Gasteiger partial charge on any atom is 0.222 e. The number of hydrogen-bond donors (Lipinski definition) is 0. The highest BCUT2D eigenvalue weighted by Gasteiger charge is 2.26. The zero-order valence-electron chi connectivity index (χ0n) is 11.0. The van der Waals surface area contributed by atoms with Crippen LogP contribution in [0, 0.1) is 11.8 Å². The molecular formula is C14H25NO2. The van der Waals surface area contributed by atoms with Crippen LogP contribution in [0.3, 0.4) is 0 Å². The molecule has 0 spiro atoms. The van der Waals surface area contributed by atoms with Crippen LogP contribution >= 0.6 is 0 Å². The number of hydrogen-bond acceptors (Lipinski definition) is 2. The lowest BCUT2D eigenvalue weighted by molar-refractivity contribution is -0.134. The van der Waals surface area contributed by atoms with Crippen LogP contribution in [0.5, 0.6) is 0 Å². The second-order valence-electron chi connectivity index (χ2n) is 5.66. The standard InChI is InChI=1S/C14H25NO2/c1-17-11-13-7-4-8-15(10-13)14(16)9-12-5-2-3-6-12/h12-13H,2-11H2,1H3. The summed E-state index contributed by atoms with van der Waals surface area (Å²) in [7, 11) is 1.75. The molecule has 1 aliphatic carbocycles. The minimum atomic E-state index is 0.387. The molecule has 1 atom stereocenters. The first-order valence-electron chi connectivity index (χ1n) is 7.06. The lowest BCUT2D eigenvalue weighted by Crippen LogP contribution is -2.41. The smallest absolute Gasteiger partial charge is 0.222 e. The van der Waals surface area contributed by atoms with Crippen LogP contribution < -0.4 is 0 Å². The van der Waals surface area contributed by atoms with E-state index in [0.717, 1.165) is 32.5 Å². The van der Waals surface area contributed by atoms with E-state index in [4.69, 9.17) is 4.74 Å². The molecule has 1 saturated heterocycles. The van der Waals surface area contributed by atoms with Gasteiger partial charge in [-0.1, -0.05) is 12.8 Å². The van der Waals surface area contributed by atoms with Crippen LogP contribution in [-0.4, -0.2) is 37.6 Å². The fourth-order valence-corrected chi connectivity index (χ4v) is 3.25. The number of carbonyl (C=O) groups excluding carboxylic acids is 1. The third-order valence-corrected chi connectivity index (χ3v) is 4.21. The van der Waals surface area contributed by atoms with Crippen molar-refractivity contribution in [3.8, 4) is 0 Å². The first-order chi connectivity index (χ1) is 8.29. The summed E-state index contributed by atoms with van der Waals surface area (Å²) in [5, 5.41) is 0. The first kappa shape index (κ1) is 12.9. The minimum Gasteiger partial charge on any atom is -0.384 e. The summed E-state index contributed by atoms with van der Waals surface area (Å²) in [4.78, 5) is 14.3. The molecule has 0 aromatic carbocycles. The van der Waals surface area contributed by atoms with Crippen molar-refractivity contribution in [2.24, 2.45) is 11.8 Å². The second kappa shape index (κ2) is 6.39. The molecule has 1 heterocycles. The van der Waals surface area contributed by atoms with Gasteiger partial charge in [-0.15, -0.1) is 0 Å². The zero-order chi connectivity index (χ0) is 12.1. The van der Waals surface area contributed by atoms with Gasteiger partial charge in [-0.3, -0.25) is 4.79 Å². The van der Waals surface area contributed by atoms with Crippen molar-refractivity contribution in [2.75, 3.05) is 26.8 Å². The fourth-order valence-electron chi connectivity index (χ4n) is 3.25. The normalized spacial score (nSPS) is 26.4. The summed E-state index contributed by atoms with van der Waals surface area (Å²) in [6.45, 7) is 2.68. The average molecular weight is 239 g/mol. The molecule has 0 aromatic rings. The van der Waals surface area contributed by atoms with E-state index in [2.05, 4.69) is 4.90 Å². The van der Waals surface area contributed by atoms with Crippen molar-refractivity contribution < 1.29 is 9.53 Å². The van der Waals surface area contributed by atoms with E-state index in [1.54, 1.807) is 7.11 Å². The number of nitrogens with zero attached hydrogens (tertiary/aromatic N) is 1. The van der Waals surface area contributed by atoms with Gasteiger partial charge in [0.05, 0.1) is 6.61 Å². The van der Waals surface area contributed by atoms with Gasteiger partial charge in [0.15, 0.2) is 0 Å². The number of piperidine rings is 1. The number of carbonyl (C=O) groups is 1. The predicted octanol–water partition coefficient (Wildman–Crippen LogP) is 2.45. The van der Waals surface area contributed by atoms with Crippen LogP contribution in [0.2, 0.25) is 0 Å². The van der Waals surface area contributed by atoms with Crippen molar-refractivity contribution >= 4 is 5.91 Å². The molecule has 3 nitrogen and oxygen atoms in total. The van der Waals surface area contributed by atoms with Gasteiger partial charge in [0.2, 0.25) is 5.91 Å². The Kier molecular flexibility index (Phi) is 4.84. The molecule has 0 aromatic heterocycles. The van der Waals surface area contributed by atoms with Gasteiger partial charge < -0.3 is 9.64 Å². The highest BCUT2D eigenvalue weighted by Crippen LogP contribution is 2.28. The van der Waals surface area contributed by atoms with Crippen molar-refractivity contribution in [3.05, 3.63) is 0 Å². The fraction of sp³-hybridized carbons (Fsp3) is 0.929. The number of likely N-dealkylation sites (tertiary alicyclic amines) is 1. The Morgan fingerprint density at radius 2 is 1.88 bits per heavy atom. The Bertz CT molecular complexity index is 247. The Labute approximate surface area is 105 Å². The summed E-state index contributed by atoms with van der Waals surface area (Å²) in [5.74, 6) is 1.62. The van der Waals surface area contributed by atoms with Gasteiger partial charge in [-0.25, -0.2) is 0 Å². The number of ether oxygens (including phenoxy) is 1. The molecule has 3 heteroatoms. The zero-order valence-corrected chi connectivity index (χ0v) is 11.0. The van der Waals surface area contributed by atoms with Crippen LogP contribution in [0.15, 0.2) is 0 Å². The van der Waals surface area contributed by atoms with Crippen molar-refractivity contribution in [1.82, 2.24) is 4.90 Å². The summed E-state index contributed by atoms with van der Waals surface area (Å²) >= 11 is 0. The largest absolute Gasteiger partial charge is 0.384 e. The predicted molar refractivity (Wildman–Crippen MR) is 67.8 cm³/mol. The molecule has 2 fully saturated rings. The van der Waals surface area contributed by atoms with E-state index in [9.17, 15) is 4.79 Å². The van der Waals surface area contributed by atoms with E-state index >= 15 is 0 Å². The van der Waals surface area contributed by atoms with Crippen LogP contribution in [0.1, 0.15) is 44.9 Å². The highest BCUT2D eigenvalue weighted by atomic mass is 16.5. The summed E-state index contributed by atoms with van der Waals surface area (Å²) in [6.07, 6.45) is 8.32. The molecule has 17 heavy (non-hydrogen) atoms. The van der Waals surface area contributed by atoms with E-state index in [1.165, 1.54) is 32.1 Å². The lowest BCUT2D eigenvalue weighted by atomic mass is 9.97. The minimum absolute atomic E-state index is 0.387. The molecule has 1 aliphatic heterocycles. The van der Waals surface area contributed by atoms with Gasteiger partial charge in [-0.05, 0) is 37.5 Å². The molecule has 1 amide bonds. The molecule has 2 rings (SSSR count). The number of rotatable bonds is 4. The lowest BCUT2D eigenvalue weighted by Gasteiger charge is -2.33. The number of amides is 1. The van der Waals surface area contributed by atoms with Crippen molar-refractivity contribution in [1.29, 1.82) is 0 Å². The van der Waals surface area contributed by atoms with Gasteiger partial charge in [0.1, 0.15) is 0 Å². The monoisotopic (exact) mass is 239 g/mol. The van der Waals surface area contributed by atoms with Gasteiger partial charge in [-0.2, -0.15) is 0 Å². The third kappa shape index (κ3) is 3.70. The van der Waals surface area contributed by atoms with Crippen LogP contribution in [0.25, 0.3) is 0 Å². The Balaban J connectivity index is 1.77. The van der Waals surface area contributed by atoms with E-state index in [0.29, 0.717) is 17.7 Å². The van der Waals surface area contributed by atoms with E-state index in [-0.39, 0.29) is 0 Å². The molecule has 1 saturated carbocycles. The first-order valence-corrected chi connectivity index (χ1v) is 7.06. The molecule has 1 unspecified atom stereocenters. The molecule has 2 aliphatic rings. The average Bonchev–Trinajstić information content (AvgIpc) is 2.83. The van der Waals surface area contributed by atoms with Gasteiger partial charge >= 0.3 is 0 Å².